The molecule has 1 aromatic heterocycles. The molecule has 5 nitrogen and oxygen atoms in total. The first-order valence-corrected chi connectivity index (χ1v) is 7.67. The molecule has 0 atom stereocenters. The lowest BCUT2D eigenvalue weighted by Crippen LogP contribution is -2.04. The Hall–Kier alpha value is -3.21. The van der Waals surface area contributed by atoms with Gasteiger partial charge >= 0.3 is 5.97 Å². The topological polar surface area (TPSA) is 57.9 Å². The van der Waals surface area contributed by atoms with Crippen LogP contribution in [0.15, 0.2) is 59.0 Å². The number of methoxy groups -OCH3 is 3. The van der Waals surface area contributed by atoms with Gasteiger partial charge in [-0.05, 0) is 54.6 Å². The minimum absolute atomic E-state index is 0.352. The maximum Gasteiger partial charge on any atom is 0.341 e. The lowest BCUT2D eigenvalue weighted by atomic mass is 10.1. The quantitative estimate of drug-likeness (QED) is 0.645. The van der Waals surface area contributed by atoms with E-state index < -0.39 is 5.97 Å². The van der Waals surface area contributed by atoms with Crippen molar-refractivity contribution in [2.75, 3.05) is 21.3 Å². The summed E-state index contributed by atoms with van der Waals surface area (Å²) < 4.78 is 21.1. The lowest BCUT2D eigenvalue weighted by Gasteiger charge is -2.08. The highest BCUT2D eigenvalue weighted by Crippen LogP contribution is 2.32. The molecule has 0 saturated heterocycles. The van der Waals surface area contributed by atoms with E-state index in [2.05, 4.69) is 0 Å². The molecule has 0 aliphatic heterocycles. The van der Waals surface area contributed by atoms with Crippen LogP contribution in [0.25, 0.3) is 22.6 Å². The van der Waals surface area contributed by atoms with Crippen LogP contribution in [0.4, 0.5) is 0 Å². The Morgan fingerprint density at radius 3 is 2.04 bits per heavy atom. The molecule has 0 bridgehead atoms. The minimum atomic E-state index is -0.458. The zero-order valence-corrected chi connectivity index (χ0v) is 14.2. The van der Waals surface area contributed by atoms with E-state index in [9.17, 15) is 4.79 Å². The predicted octanol–water partition coefficient (Wildman–Crippen LogP) is 4.42. The molecule has 1 heterocycles. The van der Waals surface area contributed by atoms with E-state index in [-0.39, 0.29) is 0 Å². The van der Waals surface area contributed by atoms with E-state index in [1.54, 1.807) is 19.2 Å². The highest BCUT2D eigenvalue weighted by atomic mass is 16.5. The van der Waals surface area contributed by atoms with Crippen LogP contribution < -0.4 is 9.47 Å². The Morgan fingerprint density at radius 2 is 1.44 bits per heavy atom. The first kappa shape index (κ1) is 16.6. The van der Waals surface area contributed by atoms with Crippen LogP contribution in [0.5, 0.6) is 11.5 Å². The number of rotatable bonds is 5. The second-order valence-electron chi connectivity index (χ2n) is 5.30. The zero-order valence-electron chi connectivity index (χ0n) is 14.2. The first-order valence-electron chi connectivity index (χ1n) is 7.67. The molecule has 128 valence electrons. The average molecular weight is 338 g/mol. The second-order valence-corrected chi connectivity index (χ2v) is 5.30. The molecular formula is C20H18O5. The lowest BCUT2D eigenvalue weighted by molar-refractivity contribution is 0.0597. The van der Waals surface area contributed by atoms with Crippen molar-refractivity contribution in [3.63, 3.8) is 0 Å². The van der Waals surface area contributed by atoms with Gasteiger partial charge in [0.25, 0.3) is 0 Å². The summed E-state index contributed by atoms with van der Waals surface area (Å²) in [7, 11) is 4.47. The summed E-state index contributed by atoms with van der Waals surface area (Å²) in [6.07, 6.45) is 0. The maximum atomic E-state index is 11.9. The van der Waals surface area contributed by atoms with Crippen LogP contribution in [0.3, 0.4) is 0 Å². The monoisotopic (exact) mass is 338 g/mol. The fourth-order valence-corrected chi connectivity index (χ4v) is 2.53. The van der Waals surface area contributed by atoms with Crippen LogP contribution in [-0.2, 0) is 4.74 Å². The van der Waals surface area contributed by atoms with Gasteiger partial charge in [0.1, 0.15) is 28.6 Å². The van der Waals surface area contributed by atoms with E-state index in [0.29, 0.717) is 17.1 Å². The number of hydrogen-bond donors (Lipinski definition) is 0. The standard InChI is InChI=1S/C20H18O5/c1-22-15-7-4-13(5-8-15)17-10-11-18(25-17)14-6-9-19(23-2)16(12-14)20(21)24-3/h4-12H,1-3H3. The number of ether oxygens (including phenoxy) is 3. The van der Waals surface area contributed by atoms with Crippen molar-refractivity contribution in [1.82, 2.24) is 0 Å². The number of carbonyl (C=O) groups excluding carboxylic acids is 1. The first-order chi connectivity index (χ1) is 12.2. The highest BCUT2D eigenvalue weighted by molar-refractivity contribution is 5.94. The summed E-state index contributed by atoms with van der Waals surface area (Å²) in [5, 5.41) is 0. The second kappa shape index (κ2) is 7.13. The normalized spacial score (nSPS) is 10.4. The Labute approximate surface area is 145 Å². The van der Waals surface area contributed by atoms with E-state index in [4.69, 9.17) is 18.6 Å². The van der Waals surface area contributed by atoms with Crippen molar-refractivity contribution in [3.05, 3.63) is 60.2 Å². The van der Waals surface area contributed by atoms with Crippen LogP contribution in [0.2, 0.25) is 0 Å². The van der Waals surface area contributed by atoms with Crippen molar-refractivity contribution in [2.24, 2.45) is 0 Å². The Morgan fingerprint density at radius 1 is 0.800 bits per heavy atom. The largest absolute Gasteiger partial charge is 0.497 e. The van der Waals surface area contributed by atoms with E-state index in [1.165, 1.54) is 14.2 Å². The molecule has 0 aliphatic carbocycles. The van der Waals surface area contributed by atoms with Gasteiger partial charge < -0.3 is 18.6 Å². The van der Waals surface area contributed by atoms with Crippen molar-refractivity contribution < 1.29 is 23.4 Å². The van der Waals surface area contributed by atoms with E-state index in [1.807, 2.05) is 42.5 Å². The molecule has 0 fully saturated rings. The number of furan rings is 1. The average Bonchev–Trinajstić information content (AvgIpc) is 3.17. The van der Waals surface area contributed by atoms with Crippen LogP contribution in [-0.4, -0.2) is 27.3 Å². The third kappa shape index (κ3) is 3.35. The van der Waals surface area contributed by atoms with Gasteiger partial charge in [0.15, 0.2) is 0 Å². The van der Waals surface area contributed by atoms with Crippen LogP contribution in [0.1, 0.15) is 10.4 Å². The van der Waals surface area contributed by atoms with Gasteiger partial charge in [-0.2, -0.15) is 0 Å². The molecular weight excluding hydrogens is 320 g/mol. The van der Waals surface area contributed by atoms with Gasteiger partial charge in [-0.25, -0.2) is 4.79 Å². The fraction of sp³-hybridized carbons (Fsp3) is 0.150. The molecule has 2 aromatic carbocycles. The molecule has 25 heavy (non-hydrogen) atoms. The SMILES string of the molecule is COC(=O)c1cc(-c2ccc(-c3ccc(OC)cc3)o2)ccc1OC. The van der Waals surface area contributed by atoms with Gasteiger partial charge in [-0.3, -0.25) is 0 Å². The summed E-state index contributed by atoms with van der Waals surface area (Å²) in [5.41, 5.74) is 2.06. The third-order valence-corrected chi connectivity index (χ3v) is 3.87. The van der Waals surface area contributed by atoms with Gasteiger partial charge in [0.05, 0.1) is 21.3 Å². The van der Waals surface area contributed by atoms with Crippen LogP contribution >= 0.6 is 0 Å². The smallest absolute Gasteiger partial charge is 0.341 e. The summed E-state index contributed by atoms with van der Waals surface area (Å²) in [4.78, 5) is 11.9. The maximum absolute atomic E-state index is 11.9. The Bertz CT molecular complexity index is 877. The van der Waals surface area contributed by atoms with Gasteiger partial charge in [0, 0.05) is 11.1 Å². The zero-order chi connectivity index (χ0) is 17.8. The Balaban J connectivity index is 1.95. The van der Waals surface area contributed by atoms with Crippen molar-refractivity contribution in [2.45, 2.75) is 0 Å². The third-order valence-electron chi connectivity index (χ3n) is 3.87. The number of carbonyl (C=O) groups is 1. The molecule has 3 rings (SSSR count). The van der Waals surface area contributed by atoms with Crippen molar-refractivity contribution in [3.8, 4) is 34.1 Å². The van der Waals surface area contributed by atoms with E-state index in [0.717, 1.165) is 22.6 Å². The molecule has 0 aliphatic rings. The summed E-state index contributed by atoms with van der Waals surface area (Å²) in [6.45, 7) is 0. The van der Waals surface area contributed by atoms with Crippen molar-refractivity contribution in [1.29, 1.82) is 0 Å². The molecule has 0 radical (unpaired) electrons. The molecule has 0 saturated carbocycles. The predicted molar refractivity (Wildman–Crippen MR) is 94.0 cm³/mol. The van der Waals surface area contributed by atoms with Gasteiger partial charge in [-0.15, -0.1) is 0 Å². The summed E-state index contributed by atoms with van der Waals surface area (Å²) in [6, 6.07) is 16.6. The molecule has 0 N–H and O–H groups in total. The summed E-state index contributed by atoms with van der Waals surface area (Å²) in [5.74, 6) is 2.17. The molecule has 0 unspecified atom stereocenters. The van der Waals surface area contributed by atoms with Crippen molar-refractivity contribution >= 4 is 5.97 Å². The van der Waals surface area contributed by atoms with E-state index >= 15 is 0 Å². The Kier molecular flexibility index (Phi) is 4.75. The number of esters is 1. The molecule has 0 amide bonds. The van der Waals surface area contributed by atoms with Gasteiger partial charge in [0.2, 0.25) is 0 Å². The molecule has 3 aromatic rings. The summed E-state index contributed by atoms with van der Waals surface area (Å²) >= 11 is 0. The highest BCUT2D eigenvalue weighted by Gasteiger charge is 2.15. The minimum Gasteiger partial charge on any atom is -0.497 e. The van der Waals surface area contributed by atoms with Gasteiger partial charge in [-0.1, -0.05) is 0 Å². The molecule has 5 heteroatoms. The molecule has 0 spiro atoms. The fourth-order valence-electron chi connectivity index (χ4n) is 2.53. The van der Waals surface area contributed by atoms with Crippen LogP contribution in [0, 0.1) is 0 Å². The number of benzene rings is 2. The number of hydrogen-bond acceptors (Lipinski definition) is 5.